The van der Waals surface area contributed by atoms with E-state index in [1.807, 2.05) is 36.2 Å². The summed E-state index contributed by atoms with van der Waals surface area (Å²) in [6.45, 7) is 1.44. The van der Waals surface area contributed by atoms with Crippen molar-refractivity contribution in [1.82, 2.24) is 4.90 Å². The van der Waals surface area contributed by atoms with Crippen molar-refractivity contribution >= 4 is 17.5 Å². The molecule has 3 nitrogen and oxygen atoms in total. The Balaban J connectivity index is 1.68. The molecule has 0 saturated heterocycles. The molecule has 2 aliphatic rings. The predicted molar refractivity (Wildman–Crippen MR) is 79.3 cm³/mol. The number of amides is 1. The quantitative estimate of drug-likeness (QED) is 0.802. The lowest BCUT2D eigenvalue weighted by atomic mass is 9.84. The maximum Gasteiger partial charge on any atom is 0.230 e. The first-order valence-corrected chi connectivity index (χ1v) is 7.69. The number of para-hydroxylation sites is 1. The molecule has 1 fully saturated rings. The fourth-order valence-electron chi connectivity index (χ4n) is 3.15. The van der Waals surface area contributed by atoms with Crippen LogP contribution in [0.5, 0.6) is 5.75 Å². The molecular formula is C16H20ClNO2. The summed E-state index contributed by atoms with van der Waals surface area (Å²) in [4.78, 5) is 14.5. The van der Waals surface area contributed by atoms with Crippen LogP contribution in [0.15, 0.2) is 24.3 Å². The molecule has 0 bridgehead atoms. The number of alkyl halides is 1. The summed E-state index contributed by atoms with van der Waals surface area (Å²) in [6, 6.07) is 7.87. The van der Waals surface area contributed by atoms with E-state index in [1.165, 1.54) is 0 Å². The van der Waals surface area contributed by atoms with Crippen molar-refractivity contribution in [2.75, 3.05) is 20.2 Å². The lowest BCUT2D eigenvalue weighted by molar-refractivity contribution is -0.133. The third kappa shape index (κ3) is 2.64. The number of hydrogen-bond donors (Lipinski definition) is 0. The zero-order chi connectivity index (χ0) is 14.1. The van der Waals surface area contributed by atoms with Gasteiger partial charge in [-0.15, -0.1) is 11.6 Å². The molecule has 108 valence electrons. The normalized spacial score (nSPS) is 28.0. The van der Waals surface area contributed by atoms with Crippen molar-refractivity contribution < 1.29 is 9.53 Å². The molecule has 1 unspecified atom stereocenters. The number of rotatable bonds is 3. The molecule has 1 aromatic carbocycles. The number of benzene rings is 1. The Hall–Kier alpha value is -1.22. The summed E-state index contributed by atoms with van der Waals surface area (Å²) in [7, 11) is 1.90. The molecule has 1 amide bonds. The minimum atomic E-state index is -0.0585. The lowest BCUT2D eigenvalue weighted by Crippen LogP contribution is -2.40. The molecule has 1 aliphatic heterocycles. The maximum atomic E-state index is 12.7. The van der Waals surface area contributed by atoms with Crippen LogP contribution in [0.2, 0.25) is 0 Å². The van der Waals surface area contributed by atoms with E-state index in [1.54, 1.807) is 0 Å². The summed E-state index contributed by atoms with van der Waals surface area (Å²) < 4.78 is 5.62. The first-order valence-electron chi connectivity index (χ1n) is 7.26. The molecule has 1 saturated carbocycles. The van der Waals surface area contributed by atoms with Gasteiger partial charge in [0, 0.05) is 24.5 Å². The standard InChI is InChI=1S/C16H20ClNO2/c1-18(10-11-8-12(17)9-11)16(19)14-6-7-20-15-5-3-2-4-13(14)15/h2-5,11-12,14H,6-10H2,1H3. The summed E-state index contributed by atoms with van der Waals surface area (Å²) in [5.41, 5.74) is 1.03. The van der Waals surface area contributed by atoms with Crippen molar-refractivity contribution in [3.8, 4) is 5.75 Å². The van der Waals surface area contributed by atoms with E-state index in [0.29, 0.717) is 17.9 Å². The van der Waals surface area contributed by atoms with E-state index < -0.39 is 0 Å². The number of carbonyl (C=O) groups is 1. The monoisotopic (exact) mass is 293 g/mol. The molecule has 0 N–H and O–H groups in total. The summed E-state index contributed by atoms with van der Waals surface area (Å²) in [5, 5.41) is 0.312. The molecule has 3 rings (SSSR count). The van der Waals surface area contributed by atoms with Gasteiger partial charge in [0.05, 0.1) is 12.5 Å². The number of ether oxygens (including phenoxy) is 1. The SMILES string of the molecule is CN(CC1CC(Cl)C1)C(=O)C1CCOc2ccccc21. The van der Waals surface area contributed by atoms with Gasteiger partial charge >= 0.3 is 0 Å². The topological polar surface area (TPSA) is 29.5 Å². The van der Waals surface area contributed by atoms with Crippen molar-refractivity contribution in [1.29, 1.82) is 0 Å². The van der Waals surface area contributed by atoms with Gasteiger partial charge in [-0.05, 0) is 31.2 Å². The van der Waals surface area contributed by atoms with Crippen molar-refractivity contribution in [2.45, 2.75) is 30.6 Å². The van der Waals surface area contributed by atoms with Gasteiger partial charge in [-0.2, -0.15) is 0 Å². The van der Waals surface area contributed by atoms with Crippen LogP contribution in [-0.4, -0.2) is 36.4 Å². The van der Waals surface area contributed by atoms with Gasteiger partial charge in [-0.25, -0.2) is 0 Å². The van der Waals surface area contributed by atoms with Crippen LogP contribution in [0.3, 0.4) is 0 Å². The molecule has 0 aromatic heterocycles. The third-order valence-electron chi connectivity index (χ3n) is 4.34. The van der Waals surface area contributed by atoms with Crippen LogP contribution in [0.4, 0.5) is 0 Å². The minimum Gasteiger partial charge on any atom is -0.493 e. The first kappa shape index (κ1) is 13.7. The van der Waals surface area contributed by atoms with Gasteiger partial charge in [-0.1, -0.05) is 18.2 Å². The van der Waals surface area contributed by atoms with Crippen LogP contribution >= 0.6 is 11.6 Å². The van der Waals surface area contributed by atoms with Crippen LogP contribution in [0.25, 0.3) is 0 Å². The highest BCUT2D eigenvalue weighted by molar-refractivity contribution is 6.21. The number of fused-ring (bicyclic) bond motifs is 1. The number of likely N-dealkylation sites (N-methyl/N-ethyl adjacent to an activating group) is 1. The molecule has 4 heteroatoms. The Kier molecular flexibility index (Phi) is 3.88. The van der Waals surface area contributed by atoms with E-state index in [-0.39, 0.29) is 11.8 Å². The summed E-state index contributed by atoms with van der Waals surface area (Å²) >= 11 is 6.00. The number of nitrogens with zero attached hydrogens (tertiary/aromatic N) is 1. The average Bonchev–Trinajstić information content (AvgIpc) is 2.44. The predicted octanol–water partition coefficient (Wildman–Crippen LogP) is 3.03. The van der Waals surface area contributed by atoms with Gasteiger partial charge in [0.2, 0.25) is 5.91 Å². The molecule has 1 aromatic rings. The van der Waals surface area contributed by atoms with Gasteiger partial charge < -0.3 is 9.64 Å². The van der Waals surface area contributed by atoms with E-state index in [2.05, 4.69) is 0 Å². The molecule has 1 atom stereocenters. The fraction of sp³-hybridized carbons (Fsp3) is 0.562. The number of halogens is 1. The van der Waals surface area contributed by atoms with Crippen LogP contribution in [-0.2, 0) is 4.79 Å². The van der Waals surface area contributed by atoms with Crippen molar-refractivity contribution in [3.05, 3.63) is 29.8 Å². The van der Waals surface area contributed by atoms with E-state index in [9.17, 15) is 4.79 Å². The molecular weight excluding hydrogens is 274 g/mol. The third-order valence-corrected chi connectivity index (χ3v) is 4.70. The number of hydrogen-bond acceptors (Lipinski definition) is 2. The smallest absolute Gasteiger partial charge is 0.230 e. The molecule has 1 heterocycles. The van der Waals surface area contributed by atoms with Crippen molar-refractivity contribution in [3.63, 3.8) is 0 Å². The second-order valence-corrected chi connectivity index (χ2v) is 6.50. The number of carbonyl (C=O) groups excluding carboxylic acids is 1. The van der Waals surface area contributed by atoms with Crippen molar-refractivity contribution in [2.24, 2.45) is 5.92 Å². The summed E-state index contributed by atoms with van der Waals surface area (Å²) in [6.07, 6.45) is 2.83. The lowest BCUT2D eigenvalue weighted by Gasteiger charge is -2.36. The van der Waals surface area contributed by atoms with Crippen LogP contribution in [0, 0.1) is 5.92 Å². The second kappa shape index (κ2) is 5.65. The van der Waals surface area contributed by atoms with Crippen LogP contribution < -0.4 is 4.74 Å². The average molecular weight is 294 g/mol. The fourth-order valence-corrected chi connectivity index (χ4v) is 3.65. The largest absolute Gasteiger partial charge is 0.493 e. The minimum absolute atomic E-state index is 0.0585. The Morgan fingerprint density at radius 2 is 2.15 bits per heavy atom. The zero-order valence-corrected chi connectivity index (χ0v) is 12.5. The first-order chi connectivity index (χ1) is 9.65. The molecule has 0 radical (unpaired) electrons. The van der Waals surface area contributed by atoms with E-state index >= 15 is 0 Å². The zero-order valence-electron chi connectivity index (χ0n) is 11.7. The Morgan fingerprint density at radius 3 is 2.90 bits per heavy atom. The molecule has 1 aliphatic carbocycles. The Morgan fingerprint density at radius 1 is 1.40 bits per heavy atom. The van der Waals surface area contributed by atoms with E-state index in [0.717, 1.165) is 37.1 Å². The highest BCUT2D eigenvalue weighted by atomic mass is 35.5. The van der Waals surface area contributed by atoms with Gasteiger partial charge in [0.15, 0.2) is 0 Å². The van der Waals surface area contributed by atoms with Gasteiger partial charge in [-0.3, -0.25) is 4.79 Å². The molecule has 0 spiro atoms. The Bertz CT molecular complexity index is 499. The van der Waals surface area contributed by atoms with E-state index in [4.69, 9.17) is 16.3 Å². The Labute approximate surface area is 124 Å². The highest BCUT2D eigenvalue weighted by Crippen LogP contribution is 2.36. The summed E-state index contributed by atoms with van der Waals surface area (Å²) in [5.74, 6) is 1.58. The highest BCUT2D eigenvalue weighted by Gasteiger charge is 2.33. The van der Waals surface area contributed by atoms with Crippen LogP contribution in [0.1, 0.15) is 30.7 Å². The van der Waals surface area contributed by atoms with Gasteiger partial charge in [0.1, 0.15) is 5.75 Å². The molecule has 20 heavy (non-hydrogen) atoms. The maximum absolute atomic E-state index is 12.7. The van der Waals surface area contributed by atoms with Gasteiger partial charge in [0.25, 0.3) is 0 Å². The second-order valence-electron chi connectivity index (χ2n) is 5.88.